The van der Waals surface area contributed by atoms with Gasteiger partial charge < -0.3 is 0 Å². The largest absolute Gasteiger partial charge is 0.106 e. The van der Waals surface area contributed by atoms with Crippen molar-refractivity contribution in [2.24, 2.45) is 0 Å². The van der Waals surface area contributed by atoms with Crippen molar-refractivity contribution in [1.29, 1.82) is 0 Å². The van der Waals surface area contributed by atoms with Gasteiger partial charge in [-0.1, -0.05) is 79.4 Å². The second-order valence-corrected chi connectivity index (χ2v) is 4.94. The van der Waals surface area contributed by atoms with Crippen LogP contribution in [0.2, 0.25) is 0 Å². The van der Waals surface area contributed by atoms with Crippen LogP contribution in [0.25, 0.3) is 11.1 Å². The minimum Gasteiger partial charge on any atom is -0.106 e. The molecule has 124 valence electrons. The van der Waals surface area contributed by atoms with Gasteiger partial charge in [0.15, 0.2) is 0 Å². The van der Waals surface area contributed by atoms with E-state index in [1.54, 1.807) is 0 Å². The number of allylic oxidation sites excluding steroid dienone is 8. The summed E-state index contributed by atoms with van der Waals surface area (Å²) < 4.78 is 1.05. The number of hydrogen-bond donors (Lipinski definition) is 0. The van der Waals surface area contributed by atoms with Gasteiger partial charge in [-0.3, -0.25) is 0 Å². The van der Waals surface area contributed by atoms with Crippen LogP contribution in [0.4, 0.5) is 0 Å². The maximum absolute atomic E-state index is 3.88. The minimum absolute atomic E-state index is 1.05. The Labute approximate surface area is 151 Å². The first-order valence-corrected chi connectivity index (χ1v) is 8.51. The standard InChI is InChI=1S/C18H19Br.C2H6.C2H4/c1-5-9-10-15(8-4)17-11-16(12-18(19)13-17)14(6-2)7-3;2*1-2/h5-13H,2,4H2,1,3H3;1-2H3;1-2H2/b9-5-,14-7+,15-10+;;. The molecular formula is C22H29Br. The van der Waals surface area contributed by atoms with Gasteiger partial charge >= 0.3 is 0 Å². The Hall–Kier alpha value is -1.86. The second-order valence-electron chi connectivity index (χ2n) is 4.03. The second kappa shape index (κ2) is 15.1. The molecule has 1 rings (SSSR count). The molecule has 23 heavy (non-hydrogen) atoms. The van der Waals surface area contributed by atoms with Crippen LogP contribution in [0.5, 0.6) is 0 Å². The highest BCUT2D eigenvalue weighted by molar-refractivity contribution is 9.10. The van der Waals surface area contributed by atoms with E-state index >= 15 is 0 Å². The van der Waals surface area contributed by atoms with E-state index in [4.69, 9.17) is 0 Å². The van der Waals surface area contributed by atoms with Crippen molar-refractivity contribution in [3.63, 3.8) is 0 Å². The van der Waals surface area contributed by atoms with Crippen LogP contribution in [-0.4, -0.2) is 0 Å². The van der Waals surface area contributed by atoms with Gasteiger partial charge in [0.2, 0.25) is 0 Å². The van der Waals surface area contributed by atoms with E-state index in [0.717, 1.165) is 26.7 Å². The van der Waals surface area contributed by atoms with Crippen molar-refractivity contribution in [3.8, 4) is 0 Å². The number of benzene rings is 1. The van der Waals surface area contributed by atoms with Gasteiger partial charge in [0.05, 0.1) is 0 Å². The average Bonchev–Trinajstić information content (AvgIpc) is 2.60. The lowest BCUT2D eigenvalue weighted by atomic mass is 9.98. The summed E-state index contributed by atoms with van der Waals surface area (Å²) in [5.41, 5.74) is 4.51. The number of rotatable bonds is 5. The monoisotopic (exact) mass is 372 g/mol. The average molecular weight is 373 g/mol. The Bertz CT molecular complexity index is 572. The number of halogens is 1. The van der Waals surface area contributed by atoms with Crippen molar-refractivity contribution >= 4 is 27.1 Å². The SMILES string of the molecule is C=C.C=C/C(=C\C)c1cc(Br)cc(/C(C=C)=C/C=C\C)c1.CC. The third-order valence-corrected chi connectivity index (χ3v) is 3.24. The normalized spacial score (nSPS) is 11.0. The zero-order valence-electron chi connectivity index (χ0n) is 14.9. The van der Waals surface area contributed by atoms with Gasteiger partial charge in [-0.25, -0.2) is 0 Å². The smallest absolute Gasteiger partial charge is 0.0187 e. The third-order valence-electron chi connectivity index (χ3n) is 2.78. The van der Waals surface area contributed by atoms with Gasteiger partial charge in [-0.15, -0.1) is 13.2 Å². The zero-order valence-corrected chi connectivity index (χ0v) is 16.5. The Morgan fingerprint density at radius 2 is 1.39 bits per heavy atom. The summed E-state index contributed by atoms with van der Waals surface area (Å²) in [6.45, 7) is 21.7. The molecule has 0 aliphatic heterocycles. The first kappa shape index (κ1) is 23.4. The highest BCUT2D eigenvalue weighted by atomic mass is 79.9. The molecule has 0 aliphatic rings. The first-order valence-electron chi connectivity index (χ1n) is 7.71. The van der Waals surface area contributed by atoms with E-state index in [2.05, 4.69) is 72.6 Å². The van der Waals surface area contributed by atoms with Crippen LogP contribution in [0.15, 0.2) is 85.4 Å². The molecule has 0 nitrogen and oxygen atoms in total. The van der Waals surface area contributed by atoms with E-state index in [9.17, 15) is 0 Å². The molecule has 0 fully saturated rings. The summed E-state index contributed by atoms with van der Waals surface area (Å²) in [6, 6.07) is 6.34. The quantitative estimate of drug-likeness (QED) is 0.362. The fourth-order valence-corrected chi connectivity index (χ4v) is 2.30. The van der Waals surface area contributed by atoms with Crippen LogP contribution in [0.3, 0.4) is 0 Å². The lowest BCUT2D eigenvalue weighted by molar-refractivity contribution is 1.50. The van der Waals surface area contributed by atoms with Crippen molar-refractivity contribution in [1.82, 2.24) is 0 Å². The number of hydrogen-bond acceptors (Lipinski definition) is 0. The molecule has 1 aromatic rings. The van der Waals surface area contributed by atoms with Crippen LogP contribution in [-0.2, 0) is 0 Å². The molecule has 0 atom stereocenters. The molecule has 0 aliphatic carbocycles. The summed E-state index contributed by atoms with van der Waals surface area (Å²) in [4.78, 5) is 0. The lowest BCUT2D eigenvalue weighted by Gasteiger charge is -2.08. The van der Waals surface area contributed by atoms with Crippen molar-refractivity contribution in [3.05, 3.63) is 96.6 Å². The molecule has 0 bridgehead atoms. The molecule has 0 saturated carbocycles. The summed E-state index contributed by atoms with van der Waals surface area (Å²) in [5.74, 6) is 0. The third kappa shape index (κ3) is 8.37. The van der Waals surface area contributed by atoms with Gasteiger partial charge in [0.1, 0.15) is 0 Å². The Morgan fingerprint density at radius 1 is 0.913 bits per heavy atom. The summed E-state index contributed by atoms with van der Waals surface area (Å²) in [6.07, 6.45) is 11.9. The Kier molecular flexibility index (Phi) is 15.3. The molecule has 0 spiro atoms. The minimum atomic E-state index is 1.05. The first-order chi connectivity index (χ1) is 11.2. The van der Waals surface area contributed by atoms with E-state index in [1.807, 2.05) is 52.0 Å². The van der Waals surface area contributed by atoms with Crippen molar-refractivity contribution < 1.29 is 0 Å². The molecule has 0 unspecified atom stereocenters. The summed E-state index contributed by atoms with van der Waals surface area (Å²) in [5, 5.41) is 0. The fourth-order valence-electron chi connectivity index (χ4n) is 1.81. The van der Waals surface area contributed by atoms with E-state index in [1.165, 1.54) is 0 Å². The van der Waals surface area contributed by atoms with Gasteiger partial charge in [0.25, 0.3) is 0 Å². The fraction of sp³-hybridized carbons (Fsp3) is 0.182. The Balaban J connectivity index is 0. The molecule has 0 saturated heterocycles. The maximum atomic E-state index is 3.88. The Morgan fingerprint density at radius 3 is 1.78 bits per heavy atom. The van der Waals surface area contributed by atoms with E-state index in [-0.39, 0.29) is 0 Å². The van der Waals surface area contributed by atoms with E-state index < -0.39 is 0 Å². The van der Waals surface area contributed by atoms with Crippen LogP contribution >= 0.6 is 15.9 Å². The molecule has 1 heteroatoms. The molecule has 0 amide bonds. The summed E-state index contributed by atoms with van der Waals surface area (Å²) in [7, 11) is 0. The van der Waals surface area contributed by atoms with Gasteiger partial charge in [-0.2, -0.15) is 0 Å². The predicted molar refractivity (Wildman–Crippen MR) is 114 cm³/mol. The van der Waals surface area contributed by atoms with Crippen LogP contribution < -0.4 is 0 Å². The predicted octanol–water partition coefficient (Wildman–Crippen LogP) is 8.01. The van der Waals surface area contributed by atoms with Crippen LogP contribution in [0.1, 0.15) is 38.8 Å². The van der Waals surface area contributed by atoms with Crippen LogP contribution in [0, 0.1) is 0 Å². The van der Waals surface area contributed by atoms with Gasteiger partial charge in [0, 0.05) is 4.47 Å². The molecule has 0 aromatic heterocycles. The highest BCUT2D eigenvalue weighted by Crippen LogP contribution is 2.27. The van der Waals surface area contributed by atoms with Crippen molar-refractivity contribution in [2.45, 2.75) is 27.7 Å². The maximum Gasteiger partial charge on any atom is 0.0187 e. The van der Waals surface area contributed by atoms with Gasteiger partial charge in [-0.05, 0) is 54.3 Å². The lowest BCUT2D eigenvalue weighted by Crippen LogP contribution is -1.87. The summed E-state index contributed by atoms with van der Waals surface area (Å²) >= 11 is 3.56. The highest BCUT2D eigenvalue weighted by Gasteiger charge is 2.04. The van der Waals surface area contributed by atoms with E-state index in [0.29, 0.717) is 0 Å². The zero-order chi connectivity index (χ0) is 18.3. The topological polar surface area (TPSA) is 0 Å². The van der Waals surface area contributed by atoms with Crippen molar-refractivity contribution in [2.75, 3.05) is 0 Å². The molecule has 0 N–H and O–H groups in total. The molecule has 0 radical (unpaired) electrons. The molecule has 1 aromatic carbocycles. The molecule has 0 heterocycles. The molecular weight excluding hydrogens is 344 g/mol.